The molecule has 1 aliphatic rings. The van der Waals surface area contributed by atoms with Crippen molar-refractivity contribution in [2.75, 3.05) is 31.4 Å². The average Bonchev–Trinajstić information content (AvgIpc) is 3.37. The maximum absolute atomic E-state index is 13.0. The van der Waals surface area contributed by atoms with Crippen LogP contribution in [0.2, 0.25) is 0 Å². The van der Waals surface area contributed by atoms with E-state index in [1.54, 1.807) is 30.0 Å². The first-order valence-electron chi connectivity index (χ1n) is 9.78. The van der Waals surface area contributed by atoms with Crippen molar-refractivity contribution in [2.24, 2.45) is 5.92 Å². The minimum absolute atomic E-state index is 0.0642. The molecule has 2 heterocycles. The highest BCUT2D eigenvalue weighted by Gasteiger charge is 2.30. The predicted octanol–water partition coefficient (Wildman–Crippen LogP) is 3.38. The van der Waals surface area contributed by atoms with Gasteiger partial charge in [-0.2, -0.15) is 5.10 Å². The molecule has 4 rings (SSSR count). The van der Waals surface area contributed by atoms with Gasteiger partial charge >= 0.3 is 0 Å². The minimum Gasteiger partial charge on any atom is -0.325 e. The van der Waals surface area contributed by atoms with Crippen molar-refractivity contribution in [1.82, 2.24) is 15.1 Å². The molecule has 0 fully saturated rings. The molecule has 0 saturated carbocycles. The Kier molecular flexibility index (Phi) is 5.92. The molecule has 162 valence electrons. The Labute approximate surface area is 185 Å². The molecule has 0 aliphatic carbocycles. The standard InChI is InChI=1S/C22H24N4O3S2/c1-26(2)21(15-9-10-30-13-15)22(27)23-16-7-8-19-18(12-16)20(25-24-19)14-5-4-6-17(11-14)31(3,28)29/h4-12,15,21H,13H2,1-3H3,(H,23,27)(H,24,25). The highest BCUT2D eigenvalue weighted by Crippen LogP contribution is 2.31. The second-order valence-corrected chi connectivity index (χ2v) is 10.8. The Morgan fingerprint density at radius 2 is 2.06 bits per heavy atom. The number of aromatic amines is 1. The van der Waals surface area contributed by atoms with Crippen LogP contribution in [0.4, 0.5) is 5.69 Å². The van der Waals surface area contributed by atoms with E-state index in [0.717, 1.165) is 16.7 Å². The molecule has 1 aliphatic heterocycles. The van der Waals surface area contributed by atoms with Crippen LogP contribution in [-0.2, 0) is 14.6 Å². The molecule has 2 N–H and O–H groups in total. The van der Waals surface area contributed by atoms with Crippen molar-refractivity contribution in [1.29, 1.82) is 0 Å². The Balaban J connectivity index is 1.66. The summed E-state index contributed by atoms with van der Waals surface area (Å²) in [5.41, 5.74) is 2.80. The second-order valence-electron chi connectivity index (χ2n) is 7.86. The molecule has 0 spiro atoms. The number of nitrogens with zero attached hydrogens (tertiary/aromatic N) is 2. The number of carbonyl (C=O) groups excluding carboxylic acids is 1. The van der Waals surface area contributed by atoms with E-state index < -0.39 is 9.84 Å². The topological polar surface area (TPSA) is 95.2 Å². The highest BCUT2D eigenvalue weighted by molar-refractivity contribution is 8.02. The first-order valence-corrected chi connectivity index (χ1v) is 12.7. The van der Waals surface area contributed by atoms with Crippen LogP contribution in [0, 0.1) is 5.92 Å². The molecule has 2 unspecified atom stereocenters. The third-order valence-corrected chi connectivity index (χ3v) is 7.34. The van der Waals surface area contributed by atoms with Crippen LogP contribution in [0.1, 0.15) is 0 Å². The van der Waals surface area contributed by atoms with Gasteiger partial charge < -0.3 is 5.32 Å². The molecule has 9 heteroatoms. The van der Waals surface area contributed by atoms with Crippen molar-refractivity contribution in [3.63, 3.8) is 0 Å². The molecule has 0 saturated heterocycles. The average molecular weight is 457 g/mol. The number of thioether (sulfide) groups is 1. The van der Waals surface area contributed by atoms with Crippen LogP contribution in [0.15, 0.2) is 58.8 Å². The fraction of sp³-hybridized carbons (Fsp3) is 0.273. The smallest absolute Gasteiger partial charge is 0.242 e. The molecule has 7 nitrogen and oxygen atoms in total. The highest BCUT2D eigenvalue weighted by atomic mass is 32.2. The second kappa shape index (κ2) is 8.49. The van der Waals surface area contributed by atoms with Crippen LogP contribution in [0.25, 0.3) is 22.2 Å². The predicted molar refractivity (Wildman–Crippen MR) is 126 cm³/mol. The van der Waals surface area contributed by atoms with E-state index in [-0.39, 0.29) is 22.8 Å². The van der Waals surface area contributed by atoms with E-state index in [2.05, 4.69) is 21.6 Å². The monoisotopic (exact) mass is 456 g/mol. The van der Waals surface area contributed by atoms with Gasteiger partial charge in [-0.15, -0.1) is 11.8 Å². The van der Waals surface area contributed by atoms with Crippen LogP contribution in [-0.4, -0.2) is 61.6 Å². The van der Waals surface area contributed by atoms with E-state index in [0.29, 0.717) is 16.9 Å². The summed E-state index contributed by atoms with van der Waals surface area (Å²) in [6.07, 6.45) is 3.27. The Morgan fingerprint density at radius 1 is 1.26 bits per heavy atom. The summed E-state index contributed by atoms with van der Waals surface area (Å²) in [7, 11) is 0.493. The number of fused-ring (bicyclic) bond motifs is 1. The fourth-order valence-corrected chi connectivity index (χ4v) is 5.40. The number of amides is 1. The van der Waals surface area contributed by atoms with E-state index in [1.165, 1.54) is 6.26 Å². The van der Waals surface area contributed by atoms with Crippen molar-refractivity contribution in [2.45, 2.75) is 10.9 Å². The molecule has 1 aromatic heterocycles. The zero-order valence-corrected chi connectivity index (χ0v) is 19.1. The van der Waals surface area contributed by atoms with Gasteiger partial charge in [0.05, 0.1) is 16.5 Å². The maximum Gasteiger partial charge on any atom is 0.242 e. The third kappa shape index (κ3) is 4.53. The normalized spacial score (nSPS) is 17.4. The van der Waals surface area contributed by atoms with Crippen LogP contribution >= 0.6 is 11.8 Å². The lowest BCUT2D eigenvalue weighted by Crippen LogP contribution is -2.44. The summed E-state index contributed by atoms with van der Waals surface area (Å²) in [5.74, 6) is 0.982. The molecule has 3 aromatic rings. The van der Waals surface area contributed by atoms with Crippen LogP contribution in [0.3, 0.4) is 0 Å². The number of hydrogen-bond acceptors (Lipinski definition) is 6. The van der Waals surface area contributed by atoms with Gasteiger partial charge in [-0.3, -0.25) is 14.8 Å². The number of rotatable bonds is 6. The minimum atomic E-state index is -3.33. The molecule has 1 amide bonds. The summed E-state index contributed by atoms with van der Waals surface area (Å²) >= 11 is 1.71. The molecule has 2 aromatic carbocycles. The quantitative estimate of drug-likeness (QED) is 0.591. The summed E-state index contributed by atoms with van der Waals surface area (Å²) in [6.45, 7) is 0. The number of carbonyl (C=O) groups is 1. The van der Waals surface area contributed by atoms with Gasteiger partial charge in [0.25, 0.3) is 0 Å². The summed E-state index contributed by atoms with van der Waals surface area (Å²) in [6, 6.07) is 12.0. The summed E-state index contributed by atoms with van der Waals surface area (Å²) < 4.78 is 23.9. The number of sulfone groups is 1. The zero-order valence-electron chi connectivity index (χ0n) is 17.5. The zero-order chi connectivity index (χ0) is 22.2. The summed E-state index contributed by atoms with van der Waals surface area (Å²) in [4.78, 5) is 15.2. The molecule has 0 bridgehead atoms. The lowest BCUT2D eigenvalue weighted by atomic mass is 10.00. The van der Waals surface area contributed by atoms with Crippen LogP contribution < -0.4 is 5.32 Å². The van der Waals surface area contributed by atoms with Gasteiger partial charge in [0.15, 0.2) is 9.84 Å². The molecule has 0 radical (unpaired) electrons. The largest absolute Gasteiger partial charge is 0.325 e. The maximum atomic E-state index is 13.0. The van der Waals surface area contributed by atoms with Gasteiger partial charge in [-0.25, -0.2) is 8.42 Å². The van der Waals surface area contributed by atoms with Gasteiger partial charge in [0.1, 0.15) is 5.69 Å². The van der Waals surface area contributed by atoms with Crippen molar-refractivity contribution in [3.05, 3.63) is 53.9 Å². The van der Waals surface area contributed by atoms with Crippen molar-refractivity contribution in [3.8, 4) is 11.3 Å². The van der Waals surface area contributed by atoms with Gasteiger partial charge in [-0.1, -0.05) is 18.2 Å². The molecule has 2 atom stereocenters. The number of likely N-dealkylation sites (N-methyl/N-ethyl adjacent to an activating group) is 1. The van der Waals surface area contributed by atoms with Crippen molar-refractivity contribution < 1.29 is 13.2 Å². The number of benzene rings is 2. The number of hydrogen-bond donors (Lipinski definition) is 2. The van der Waals surface area contributed by atoms with Crippen molar-refractivity contribution >= 4 is 44.1 Å². The van der Waals surface area contributed by atoms with Gasteiger partial charge in [0.2, 0.25) is 5.91 Å². The Hall–Kier alpha value is -2.62. The first-order chi connectivity index (χ1) is 14.7. The van der Waals surface area contributed by atoms with E-state index >= 15 is 0 Å². The number of nitrogens with one attached hydrogen (secondary N) is 2. The number of aromatic nitrogens is 2. The van der Waals surface area contributed by atoms with E-state index in [1.807, 2.05) is 48.7 Å². The summed E-state index contributed by atoms with van der Waals surface area (Å²) in [5, 5.41) is 13.2. The lowest BCUT2D eigenvalue weighted by Gasteiger charge is -2.27. The molecule has 31 heavy (non-hydrogen) atoms. The number of H-pyrrole nitrogens is 1. The fourth-order valence-electron chi connectivity index (χ4n) is 3.79. The number of anilines is 1. The molecular weight excluding hydrogens is 432 g/mol. The lowest BCUT2D eigenvalue weighted by molar-refractivity contribution is -0.121. The third-order valence-electron chi connectivity index (χ3n) is 5.31. The van der Waals surface area contributed by atoms with Gasteiger partial charge in [-0.05, 0) is 49.8 Å². The Bertz CT molecular complexity index is 1260. The van der Waals surface area contributed by atoms with Gasteiger partial charge in [0, 0.05) is 34.6 Å². The molecular formula is C22H24N4O3S2. The Morgan fingerprint density at radius 3 is 2.74 bits per heavy atom. The van der Waals surface area contributed by atoms with E-state index in [4.69, 9.17) is 0 Å². The SMILES string of the molecule is CN(C)C(C(=O)Nc1ccc2[nH]nc(-c3cccc(S(C)(=O)=O)c3)c2c1)C1C=CSC1. The first kappa shape index (κ1) is 21.6. The van der Waals surface area contributed by atoms with Crippen LogP contribution in [0.5, 0.6) is 0 Å². The van der Waals surface area contributed by atoms with E-state index in [9.17, 15) is 13.2 Å².